The Labute approximate surface area is 101 Å². The fourth-order valence-corrected chi connectivity index (χ4v) is 1.63. The molecule has 0 saturated carbocycles. The molecule has 1 aromatic heterocycles. The number of aldehydes is 1. The minimum atomic E-state index is -3.40. The molecule has 0 bridgehead atoms. The Kier molecular flexibility index (Phi) is 3.82. The van der Waals surface area contributed by atoms with Gasteiger partial charge < -0.3 is 0 Å². The SMILES string of the molecule is CC(C)c1nc(N(C)S(C)(=O)=O)ncc1C=O. The first-order valence-corrected chi connectivity index (χ1v) is 6.88. The van der Waals surface area contributed by atoms with Crippen molar-refractivity contribution < 1.29 is 13.2 Å². The van der Waals surface area contributed by atoms with E-state index in [1.54, 1.807) is 0 Å². The Hall–Kier alpha value is -1.50. The van der Waals surface area contributed by atoms with Crippen LogP contribution in [0.2, 0.25) is 0 Å². The van der Waals surface area contributed by atoms with Crippen molar-refractivity contribution in [1.29, 1.82) is 0 Å². The highest BCUT2D eigenvalue weighted by Crippen LogP contribution is 2.18. The number of rotatable bonds is 4. The van der Waals surface area contributed by atoms with Crippen LogP contribution in [0.3, 0.4) is 0 Å². The van der Waals surface area contributed by atoms with Crippen LogP contribution in [0.25, 0.3) is 0 Å². The number of nitrogens with zero attached hydrogens (tertiary/aromatic N) is 3. The summed E-state index contributed by atoms with van der Waals surface area (Å²) in [6.07, 6.45) is 3.07. The summed E-state index contributed by atoms with van der Waals surface area (Å²) in [6, 6.07) is 0. The van der Waals surface area contributed by atoms with Crippen molar-refractivity contribution in [1.82, 2.24) is 9.97 Å². The van der Waals surface area contributed by atoms with Crippen molar-refractivity contribution in [2.75, 3.05) is 17.6 Å². The minimum absolute atomic E-state index is 0.0184. The van der Waals surface area contributed by atoms with E-state index in [1.807, 2.05) is 13.8 Å². The summed E-state index contributed by atoms with van der Waals surface area (Å²) in [5, 5.41) is 0. The Balaban J connectivity index is 3.31. The molecule has 0 N–H and O–H groups in total. The predicted octanol–water partition coefficient (Wildman–Crippen LogP) is 0.808. The van der Waals surface area contributed by atoms with E-state index in [0.29, 0.717) is 17.5 Å². The predicted molar refractivity (Wildman–Crippen MR) is 64.8 cm³/mol. The van der Waals surface area contributed by atoms with Crippen molar-refractivity contribution in [3.8, 4) is 0 Å². The highest BCUT2D eigenvalue weighted by atomic mass is 32.2. The van der Waals surface area contributed by atoms with Crippen LogP contribution in [0.15, 0.2) is 6.20 Å². The van der Waals surface area contributed by atoms with Gasteiger partial charge in [0.15, 0.2) is 6.29 Å². The van der Waals surface area contributed by atoms with Crippen LogP contribution < -0.4 is 4.31 Å². The van der Waals surface area contributed by atoms with Gasteiger partial charge in [0.25, 0.3) is 0 Å². The van der Waals surface area contributed by atoms with Crippen LogP contribution >= 0.6 is 0 Å². The molecule has 0 atom stereocenters. The lowest BCUT2D eigenvalue weighted by atomic mass is 10.1. The molecule has 0 radical (unpaired) electrons. The summed E-state index contributed by atoms with van der Waals surface area (Å²) >= 11 is 0. The van der Waals surface area contributed by atoms with Crippen LogP contribution in [0.4, 0.5) is 5.95 Å². The molecular weight excluding hydrogens is 242 g/mol. The normalized spacial score (nSPS) is 11.6. The Bertz CT molecular complexity index is 526. The smallest absolute Gasteiger partial charge is 0.239 e. The van der Waals surface area contributed by atoms with Crippen LogP contribution in [0.1, 0.15) is 35.8 Å². The maximum absolute atomic E-state index is 11.3. The lowest BCUT2D eigenvalue weighted by molar-refractivity contribution is 0.112. The van der Waals surface area contributed by atoms with Gasteiger partial charge in [-0.05, 0) is 5.92 Å². The van der Waals surface area contributed by atoms with Crippen LogP contribution in [0.5, 0.6) is 0 Å². The van der Waals surface area contributed by atoms with Crippen molar-refractivity contribution in [2.45, 2.75) is 19.8 Å². The quantitative estimate of drug-likeness (QED) is 0.746. The molecule has 1 heterocycles. The van der Waals surface area contributed by atoms with Gasteiger partial charge >= 0.3 is 0 Å². The average Bonchev–Trinajstić information content (AvgIpc) is 2.25. The molecule has 0 saturated heterocycles. The first kappa shape index (κ1) is 13.6. The topological polar surface area (TPSA) is 80.2 Å². The summed E-state index contributed by atoms with van der Waals surface area (Å²) in [5.74, 6) is 0.0895. The molecule has 7 heteroatoms. The first-order chi connectivity index (χ1) is 7.77. The molecule has 17 heavy (non-hydrogen) atoms. The van der Waals surface area contributed by atoms with Crippen LogP contribution in [0, 0.1) is 0 Å². The van der Waals surface area contributed by atoms with E-state index in [1.165, 1.54) is 13.2 Å². The maximum atomic E-state index is 11.3. The highest BCUT2D eigenvalue weighted by molar-refractivity contribution is 7.92. The van der Waals surface area contributed by atoms with Crippen LogP contribution in [-0.2, 0) is 10.0 Å². The second-order valence-electron chi connectivity index (χ2n) is 4.01. The van der Waals surface area contributed by atoms with Gasteiger partial charge in [-0.15, -0.1) is 0 Å². The van der Waals surface area contributed by atoms with Gasteiger partial charge in [-0.25, -0.2) is 22.7 Å². The van der Waals surface area contributed by atoms with E-state index in [9.17, 15) is 13.2 Å². The Morgan fingerprint density at radius 1 is 1.41 bits per heavy atom. The second-order valence-corrected chi connectivity index (χ2v) is 6.03. The van der Waals surface area contributed by atoms with Crippen molar-refractivity contribution >= 4 is 22.3 Å². The summed E-state index contributed by atoms with van der Waals surface area (Å²) in [4.78, 5) is 18.8. The number of carbonyl (C=O) groups excluding carboxylic acids is 1. The molecule has 0 fully saturated rings. The fourth-order valence-electron chi connectivity index (χ4n) is 1.25. The average molecular weight is 257 g/mol. The van der Waals surface area contributed by atoms with Gasteiger partial charge in [0, 0.05) is 13.2 Å². The Morgan fingerprint density at radius 3 is 2.41 bits per heavy atom. The molecule has 0 unspecified atom stereocenters. The maximum Gasteiger partial charge on any atom is 0.239 e. The van der Waals surface area contributed by atoms with Gasteiger partial charge in [-0.3, -0.25) is 4.79 Å². The van der Waals surface area contributed by atoms with E-state index in [-0.39, 0.29) is 11.9 Å². The number of hydrogen-bond donors (Lipinski definition) is 0. The third-order valence-corrected chi connectivity index (χ3v) is 3.45. The summed E-state index contributed by atoms with van der Waals surface area (Å²) in [6.45, 7) is 3.75. The number of carbonyl (C=O) groups is 1. The zero-order valence-corrected chi connectivity index (χ0v) is 11.0. The van der Waals surface area contributed by atoms with Gasteiger partial charge in [0.2, 0.25) is 16.0 Å². The largest absolute Gasteiger partial charge is 0.298 e. The highest BCUT2D eigenvalue weighted by Gasteiger charge is 2.17. The van der Waals surface area contributed by atoms with E-state index in [2.05, 4.69) is 9.97 Å². The molecule has 0 aliphatic rings. The van der Waals surface area contributed by atoms with Gasteiger partial charge in [0.1, 0.15) is 0 Å². The lowest BCUT2D eigenvalue weighted by Gasteiger charge is -2.16. The number of hydrogen-bond acceptors (Lipinski definition) is 5. The van der Waals surface area contributed by atoms with E-state index < -0.39 is 10.0 Å². The number of anilines is 1. The molecule has 1 rings (SSSR count). The lowest BCUT2D eigenvalue weighted by Crippen LogP contribution is -2.27. The zero-order chi connectivity index (χ0) is 13.2. The molecular formula is C10H15N3O3S. The molecule has 0 spiro atoms. The van der Waals surface area contributed by atoms with E-state index in [0.717, 1.165) is 10.6 Å². The first-order valence-electron chi connectivity index (χ1n) is 5.03. The van der Waals surface area contributed by atoms with Crippen molar-refractivity contribution in [3.63, 3.8) is 0 Å². The van der Waals surface area contributed by atoms with Crippen molar-refractivity contribution in [3.05, 3.63) is 17.5 Å². The van der Waals surface area contributed by atoms with Gasteiger partial charge in [-0.1, -0.05) is 13.8 Å². The summed E-state index contributed by atoms with van der Waals surface area (Å²) < 4.78 is 23.7. The molecule has 0 aliphatic carbocycles. The molecule has 0 aromatic carbocycles. The standard InChI is InChI=1S/C10H15N3O3S/c1-7(2)9-8(6-14)5-11-10(12-9)13(3)17(4,15)16/h5-7H,1-4H3. The molecule has 1 aromatic rings. The zero-order valence-electron chi connectivity index (χ0n) is 10.2. The van der Waals surface area contributed by atoms with Crippen molar-refractivity contribution in [2.24, 2.45) is 0 Å². The summed E-state index contributed by atoms with van der Waals surface area (Å²) in [5.41, 5.74) is 0.922. The fraction of sp³-hybridized carbons (Fsp3) is 0.500. The van der Waals surface area contributed by atoms with Crippen LogP contribution in [-0.4, -0.2) is 38.0 Å². The molecule has 94 valence electrons. The molecule has 0 aliphatic heterocycles. The molecule has 0 amide bonds. The number of sulfonamides is 1. The minimum Gasteiger partial charge on any atom is -0.298 e. The monoisotopic (exact) mass is 257 g/mol. The van der Waals surface area contributed by atoms with E-state index in [4.69, 9.17) is 0 Å². The number of aromatic nitrogens is 2. The van der Waals surface area contributed by atoms with Gasteiger partial charge in [-0.2, -0.15) is 0 Å². The summed E-state index contributed by atoms with van der Waals surface area (Å²) in [7, 11) is -2.03. The Morgan fingerprint density at radius 2 is 2.00 bits per heavy atom. The van der Waals surface area contributed by atoms with E-state index >= 15 is 0 Å². The molecule has 6 nitrogen and oxygen atoms in total. The second kappa shape index (κ2) is 4.79. The third-order valence-electron chi connectivity index (χ3n) is 2.29. The third kappa shape index (κ3) is 3.00. The van der Waals surface area contributed by atoms with Gasteiger partial charge in [0.05, 0.1) is 17.5 Å².